The fourth-order valence-electron chi connectivity index (χ4n) is 2.23. The zero-order valence-electron chi connectivity index (χ0n) is 15.4. The molecule has 1 aromatic carbocycles. The minimum absolute atomic E-state index is 0.0454. The first kappa shape index (κ1) is 22.3. The number of hydrogen-bond donors (Lipinski definition) is 2. The number of ether oxygens (including phenoxy) is 2. The van der Waals surface area contributed by atoms with Crippen LogP contribution in [0.1, 0.15) is 22.3 Å². The van der Waals surface area contributed by atoms with Gasteiger partial charge in [0.2, 0.25) is 0 Å². The first-order valence-electron chi connectivity index (χ1n) is 8.70. The average Bonchev–Trinajstić information content (AvgIpc) is 3.22. The number of amides is 2. The van der Waals surface area contributed by atoms with E-state index in [9.17, 15) is 23.2 Å². The molecule has 2 rings (SSSR count). The highest BCUT2D eigenvalue weighted by Crippen LogP contribution is 2.15. The van der Waals surface area contributed by atoms with Gasteiger partial charge in [-0.3, -0.25) is 14.4 Å². The third-order valence-corrected chi connectivity index (χ3v) is 4.33. The van der Waals surface area contributed by atoms with E-state index in [1.54, 1.807) is 29.0 Å². The fraction of sp³-hybridized carbons (Fsp3) is 0.316. The first-order valence-corrected chi connectivity index (χ1v) is 9.65. The highest BCUT2D eigenvalue weighted by Gasteiger charge is 2.10. The Morgan fingerprint density at radius 3 is 2.45 bits per heavy atom. The number of benzene rings is 1. The van der Waals surface area contributed by atoms with Crippen LogP contribution < -0.4 is 15.4 Å². The number of carbonyl (C=O) groups is 3. The van der Waals surface area contributed by atoms with Crippen molar-refractivity contribution in [2.45, 2.75) is 19.5 Å². The van der Waals surface area contributed by atoms with E-state index in [4.69, 9.17) is 4.74 Å². The molecule has 0 saturated carbocycles. The van der Waals surface area contributed by atoms with Crippen LogP contribution in [0.3, 0.4) is 0 Å². The summed E-state index contributed by atoms with van der Waals surface area (Å²) in [5.74, 6) is -1.27. The molecule has 0 bridgehead atoms. The third-order valence-electron chi connectivity index (χ3n) is 3.65. The summed E-state index contributed by atoms with van der Waals surface area (Å²) in [7, 11) is 0. The molecule has 10 heteroatoms. The zero-order valence-corrected chi connectivity index (χ0v) is 16.2. The Balaban J connectivity index is 1.55. The molecular weight excluding hydrogens is 406 g/mol. The van der Waals surface area contributed by atoms with Crippen LogP contribution in [0.5, 0.6) is 5.75 Å². The van der Waals surface area contributed by atoms with Gasteiger partial charge in [0.1, 0.15) is 5.75 Å². The van der Waals surface area contributed by atoms with Gasteiger partial charge in [-0.15, -0.1) is 0 Å². The summed E-state index contributed by atoms with van der Waals surface area (Å²) in [6.45, 7) is -2.89. The van der Waals surface area contributed by atoms with Crippen molar-refractivity contribution >= 4 is 29.1 Å². The van der Waals surface area contributed by atoms with E-state index in [1.807, 2.05) is 0 Å². The Morgan fingerprint density at radius 1 is 1.03 bits per heavy atom. The third kappa shape index (κ3) is 8.69. The van der Waals surface area contributed by atoms with Crippen LogP contribution in [-0.4, -0.2) is 44.1 Å². The van der Waals surface area contributed by atoms with E-state index >= 15 is 0 Å². The van der Waals surface area contributed by atoms with Gasteiger partial charge in [-0.05, 0) is 35.6 Å². The van der Waals surface area contributed by atoms with E-state index in [-0.39, 0.29) is 24.6 Å². The monoisotopic (exact) mass is 426 g/mol. The molecule has 0 aliphatic heterocycles. The number of alkyl halides is 2. The minimum atomic E-state index is -2.87. The van der Waals surface area contributed by atoms with Gasteiger partial charge < -0.3 is 20.1 Å². The Morgan fingerprint density at radius 2 is 1.79 bits per heavy atom. The summed E-state index contributed by atoms with van der Waals surface area (Å²) in [5.41, 5.74) is 1.35. The second kappa shape index (κ2) is 11.7. The molecule has 2 N–H and O–H groups in total. The van der Waals surface area contributed by atoms with E-state index in [1.165, 1.54) is 23.5 Å². The molecule has 1 aromatic heterocycles. The molecule has 156 valence electrons. The lowest BCUT2D eigenvalue weighted by Crippen LogP contribution is -2.31. The zero-order chi connectivity index (χ0) is 21.1. The SMILES string of the molecule is O=C(COC(=O)CCNC(=O)c1ccsc1)NCCc1ccc(OC(F)F)cc1. The Labute approximate surface area is 170 Å². The molecule has 0 fully saturated rings. The van der Waals surface area contributed by atoms with Gasteiger partial charge in [0.15, 0.2) is 6.61 Å². The van der Waals surface area contributed by atoms with Crippen LogP contribution >= 0.6 is 11.3 Å². The molecule has 29 heavy (non-hydrogen) atoms. The van der Waals surface area contributed by atoms with Crippen LogP contribution in [0, 0.1) is 0 Å². The summed E-state index contributed by atoms with van der Waals surface area (Å²) >= 11 is 1.40. The minimum Gasteiger partial charge on any atom is -0.456 e. The fourth-order valence-corrected chi connectivity index (χ4v) is 2.86. The van der Waals surface area contributed by atoms with Gasteiger partial charge in [-0.2, -0.15) is 20.1 Å². The van der Waals surface area contributed by atoms with Crippen LogP contribution in [0.4, 0.5) is 8.78 Å². The molecule has 1 heterocycles. The normalized spacial score (nSPS) is 10.4. The second-order valence-electron chi connectivity index (χ2n) is 5.80. The first-order chi connectivity index (χ1) is 13.9. The Hall–Kier alpha value is -3.01. The maximum absolute atomic E-state index is 12.1. The number of carbonyl (C=O) groups excluding carboxylic acids is 3. The van der Waals surface area contributed by atoms with Crippen LogP contribution in [0.25, 0.3) is 0 Å². The molecule has 7 nitrogen and oxygen atoms in total. The summed E-state index contributed by atoms with van der Waals surface area (Å²) in [6, 6.07) is 7.75. The predicted molar refractivity (Wildman–Crippen MR) is 102 cm³/mol. The molecule has 2 amide bonds. The lowest BCUT2D eigenvalue weighted by Gasteiger charge is -2.08. The summed E-state index contributed by atoms with van der Waals surface area (Å²) in [6.07, 6.45) is 0.430. The van der Waals surface area contributed by atoms with Crippen molar-refractivity contribution < 1.29 is 32.6 Å². The number of halogens is 2. The van der Waals surface area contributed by atoms with Gasteiger partial charge in [0, 0.05) is 24.0 Å². The maximum atomic E-state index is 12.1. The molecule has 0 saturated heterocycles. The van der Waals surface area contributed by atoms with Crippen molar-refractivity contribution in [1.29, 1.82) is 0 Å². The maximum Gasteiger partial charge on any atom is 0.387 e. The molecule has 2 aromatic rings. The number of esters is 1. The number of nitrogens with one attached hydrogen (secondary N) is 2. The van der Waals surface area contributed by atoms with E-state index < -0.39 is 25.1 Å². The highest BCUT2D eigenvalue weighted by atomic mass is 32.1. The summed E-state index contributed by atoms with van der Waals surface area (Å²) < 4.78 is 33.3. The van der Waals surface area contributed by atoms with Crippen LogP contribution in [0.2, 0.25) is 0 Å². The van der Waals surface area contributed by atoms with Crippen molar-refractivity contribution in [1.82, 2.24) is 10.6 Å². The lowest BCUT2D eigenvalue weighted by atomic mass is 10.1. The summed E-state index contributed by atoms with van der Waals surface area (Å²) in [4.78, 5) is 35.0. The Bertz CT molecular complexity index is 797. The van der Waals surface area contributed by atoms with Gasteiger partial charge in [-0.25, -0.2) is 0 Å². The van der Waals surface area contributed by atoms with Crippen molar-refractivity contribution in [3.63, 3.8) is 0 Å². The van der Waals surface area contributed by atoms with E-state index in [0.29, 0.717) is 18.5 Å². The molecule has 0 aliphatic rings. The predicted octanol–water partition coefficient (Wildman–Crippen LogP) is 2.37. The topological polar surface area (TPSA) is 93.7 Å². The molecule has 0 aliphatic carbocycles. The lowest BCUT2D eigenvalue weighted by molar-refractivity contribution is -0.148. The molecule has 0 spiro atoms. The number of thiophene rings is 1. The van der Waals surface area contributed by atoms with E-state index in [0.717, 1.165) is 5.56 Å². The standard InChI is InChI=1S/C19H20F2N2O5S/c20-19(21)28-15-3-1-13(2-4-15)5-8-22-16(24)11-27-17(25)6-9-23-18(26)14-7-10-29-12-14/h1-4,7,10,12,19H,5-6,8-9,11H2,(H,22,24)(H,23,26). The van der Waals surface area contributed by atoms with Crippen molar-refractivity contribution in [3.8, 4) is 5.75 Å². The average molecular weight is 426 g/mol. The largest absolute Gasteiger partial charge is 0.456 e. The summed E-state index contributed by atoms with van der Waals surface area (Å²) in [5, 5.41) is 8.65. The highest BCUT2D eigenvalue weighted by molar-refractivity contribution is 7.08. The second-order valence-corrected chi connectivity index (χ2v) is 6.58. The van der Waals surface area contributed by atoms with Gasteiger partial charge in [-0.1, -0.05) is 12.1 Å². The molecule has 0 unspecified atom stereocenters. The van der Waals surface area contributed by atoms with Crippen molar-refractivity contribution in [3.05, 3.63) is 52.2 Å². The van der Waals surface area contributed by atoms with Crippen LogP contribution in [-0.2, 0) is 20.7 Å². The smallest absolute Gasteiger partial charge is 0.387 e. The van der Waals surface area contributed by atoms with Gasteiger partial charge >= 0.3 is 12.6 Å². The number of rotatable bonds is 11. The van der Waals surface area contributed by atoms with Crippen LogP contribution in [0.15, 0.2) is 41.1 Å². The van der Waals surface area contributed by atoms with Gasteiger partial charge in [0.25, 0.3) is 11.8 Å². The quantitative estimate of drug-likeness (QED) is 0.538. The number of hydrogen-bond acceptors (Lipinski definition) is 6. The van der Waals surface area contributed by atoms with Gasteiger partial charge in [0.05, 0.1) is 6.42 Å². The van der Waals surface area contributed by atoms with Crippen molar-refractivity contribution in [2.75, 3.05) is 19.7 Å². The van der Waals surface area contributed by atoms with Crippen molar-refractivity contribution in [2.24, 2.45) is 0 Å². The van der Waals surface area contributed by atoms with E-state index in [2.05, 4.69) is 15.4 Å². The molecular formula is C19H20F2N2O5S. The Kier molecular flexibility index (Phi) is 9.03. The molecule has 0 radical (unpaired) electrons. The molecule has 0 atom stereocenters.